The lowest BCUT2D eigenvalue weighted by Gasteiger charge is -2.39. The number of hydrogen-bond donors (Lipinski definition) is 2. The first-order chi connectivity index (χ1) is 12.4. The molecule has 2 N–H and O–H groups in total. The Morgan fingerprint density at radius 1 is 1.08 bits per heavy atom. The van der Waals surface area contributed by atoms with E-state index in [0.717, 1.165) is 0 Å². The number of alkyl halides is 3. The highest BCUT2D eigenvalue weighted by Gasteiger charge is 2.41. The van der Waals surface area contributed by atoms with Crippen molar-refractivity contribution in [2.24, 2.45) is 0 Å². The van der Waals surface area contributed by atoms with Gasteiger partial charge in [-0.1, -0.05) is 48.5 Å². The van der Waals surface area contributed by atoms with Crippen molar-refractivity contribution in [2.45, 2.75) is 28.5 Å². The zero-order chi connectivity index (χ0) is 18.6. The zero-order valence-electron chi connectivity index (χ0n) is 14.0. The fourth-order valence-electron chi connectivity index (χ4n) is 3.17. The summed E-state index contributed by atoms with van der Waals surface area (Å²) in [6.07, 6.45) is -0.523. The van der Waals surface area contributed by atoms with E-state index in [1.54, 1.807) is 42.5 Å². The van der Waals surface area contributed by atoms with E-state index in [-0.39, 0.29) is 23.1 Å². The van der Waals surface area contributed by atoms with Gasteiger partial charge in [-0.2, -0.15) is 13.2 Å². The van der Waals surface area contributed by atoms with Gasteiger partial charge in [0.05, 0.1) is 6.61 Å². The van der Waals surface area contributed by atoms with Crippen molar-refractivity contribution in [2.75, 3.05) is 19.7 Å². The summed E-state index contributed by atoms with van der Waals surface area (Å²) < 4.78 is 44.5. The van der Waals surface area contributed by atoms with Crippen LogP contribution in [0.2, 0.25) is 0 Å². The van der Waals surface area contributed by atoms with Gasteiger partial charge in [-0.3, -0.25) is 0 Å². The number of ether oxygens (including phenoxy) is 1. The molecule has 0 spiro atoms. The van der Waals surface area contributed by atoms with Gasteiger partial charge in [-0.25, -0.2) is 0 Å². The fourth-order valence-corrected chi connectivity index (χ4v) is 3.83. The van der Waals surface area contributed by atoms with Crippen LogP contribution >= 0.6 is 11.8 Å². The molecule has 0 aliphatic carbocycles. The fraction of sp³-hybridized carbons (Fsp3) is 0.368. The van der Waals surface area contributed by atoms with Gasteiger partial charge in [0.15, 0.2) is 0 Å². The molecule has 0 saturated carbocycles. The molecular formula is C19H20F3NO2S. The average Bonchev–Trinajstić information content (AvgIpc) is 2.63. The van der Waals surface area contributed by atoms with Gasteiger partial charge < -0.3 is 15.2 Å². The van der Waals surface area contributed by atoms with Gasteiger partial charge in [-0.05, 0) is 29.0 Å². The molecule has 7 heteroatoms. The molecule has 1 aliphatic heterocycles. The van der Waals surface area contributed by atoms with Crippen molar-refractivity contribution in [1.29, 1.82) is 0 Å². The highest BCUT2D eigenvalue weighted by Crippen LogP contribution is 2.41. The highest BCUT2D eigenvalue weighted by molar-refractivity contribution is 8.00. The number of rotatable bonds is 5. The topological polar surface area (TPSA) is 41.5 Å². The van der Waals surface area contributed by atoms with Crippen molar-refractivity contribution in [3.63, 3.8) is 0 Å². The van der Waals surface area contributed by atoms with E-state index in [1.165, 1.54) is 6.07 Å². The van der Waals surface area contributed by atoms with E-state index in [4.69, 9.17) is 4.74 Å². The summed E-state index contributed by atoms with van der Waals surface area (Å²) in [6, 6.07) is 15.3. The number of hydrogen-bond acceptors (Lipinski definition) is 4. The number of benzene rings is 2. The van der Waals surface area contributed by atoms with Gasteiger partial charge in [0.25, 0.3) is 0 Å². The van der Waals surface area contributed by atoms with Gasteiger partial charge in [0.1, 0.15) is 11.7 Å². The third kappa shape index (κ3) is 4.59. The van der Waals surface area contributed by atoms with E-state index in [0.29, 0.717) is 30.8 Å². The van der Waals surface area contributed by atoms with Crippen LogP contribution in [0.3, 0.4) is 0 Å². The minimum atomic E-state index is -4.39. The molecule has 0 aromatic heterocycles. The van der Waals surface area contributed by atoms with Crippen LogP contribution in [-0.4, -0.2) is 36.4 Å². The molecular weight excluding hydrogens is 363 g/mol. The first-order valence-corrected chi connectivity index (χ1v) is 9.14. The van der Waals surface area contributed by atoms with E-state index >= 15 is 0 Å². The normalized spacial score (nSPS) is 20.5. The molecule has 3 nitrogen and oxygen atoms in total. The molecule has 1 saturated heterocycles. The first kappa shape index (κ1) is 19.2. The summed E-state index contributed by atoms with van der Waals surface area (Å²) in [7, 11) is 0. The summed E-state index contributed by atoms with van der Waals surface area (Å²) in [4.78, 5) is 0.0955. The molecule has 2 aromatic rings. The number of thioether (sulfide) groups is 1. The lowest BCUT2D eigenvalue weighted by molar-refractivity contribution is -0.124. The standard InChI is InChI=1S/C19H20F3NO2S/c20-19(21,22)26-16-9-5-4-6-14(16)12-18(24,15-7-2-1-3-8-15)17-13-23-10-11-25-17/h1-9,17,23-24H,10-13H2/t17-,18+/m1/s1. The van der Waals surface area contributed by atoms with Gasteiger partial charge in [0.2, 0.25) is 0 Å². The molecule has 1 fully saturated rings. The Morgan fingerprint density at radius 3 is 2.42 bits per heavy atom. The Bertz CT molecular complexity index is 720. The maximum atomic E-state index is 12.9. The second-order valence-electron chi connectivity index (χ2n) is 6.19. The Labute approximate surface area is 154 Å². The number of halogens is 3. The van der Waals surface area contributed by atoms with Gasteiger partial charge in [-0.15, -0.1) is 0 Å². The van der Waals surface area contributed by atoms with E-state index in [2.05, 4.69) is 5.32 Å². The van der Waals surface area contributed by atoms with Crippen LogP contribution in [0, 0.1) is 0 Å². The van der Waals surface area contributed by atoms with Crippen molar-refractivity contribution in [3.8, 4) is 0 Å². The van der Waals surface area contributed by atoms with Crippen molar-refractivity contribution >= 4 is 11.8 Å². The molecule has 1 aliphatic rings. The Morgan fingerprint density at radius 2 is 1.77 bits per heavy atom. The van der Waals surface area contributed by atoms with Crippen LogP contribution in [0.4, 0.5) is 13.2 Å². The van der Waals surface area contributed by atoms with E-state index < -0.39 is 17.2 Å². The third-order valence-electron chi connectivity index (χ3n) is 4.39. The predicted molar refractivity (Wildman–Crippen MR) is 95.0 cm³/mol. The number of morpholine rings is 1. The van der Waals surface area contributed by atoms with Crippen molar-refractivity contribution < 1.29 is 23.0 Å². The van der Waals surface area contributed by atoms with Gasteiger partial charge >= 0.3 is 5.51 Å². The maximum Gasteiger partial charge on any atom is 0.446 e. The molecule has 2 atom stereocenters. The second kappa shape index (κ2) is 8.00. The lowest BCUT2D eigenvalue weighted by Crippen LogP contribution is -2.52. The van der Waals surface area contributed by atoms with Crippen LogP contribution in [0.5, 0.6) is 0 Å². The molecule has 2 aromatic carbocycles. The van der Waals surface area contributed by atoms with Crippen LogP contribution in [0.15, 0.2) is 59.5 Å². The SMILES string of the molecule is O[C@@](Cc1ccccc1SC(F)(F)F)(c1ccccc1)[C@H]1CNCCO1. The highest BCUT2D eigenvalue weighted by atomic mass is 32.2. The summed E-state index contributed by atoms with van der Waals surface area (Å²) in [5, 5.41) is 14.7. The monoisotopic (exact) mass is 383 g/mol. The molecule has 0 amide bonds. The van der Waals surface area contributed by atoms with Crippen molar-refractivity contribution in [1.82, 2.24) is 5.32 Å². The van der Waals surface area contributed by atoms with Crippen LogP contribution in [-0.2, 0) is 16.8 Å². The second-order valence-corrected chi connectivity index (χ2v) is 7.29. The van der Waals surface area contributed by atoms with Crippen LogP contribution in [0.1, 0.15) is 11.1 Å². The number of nitrogens with one attached hydrogen (secondary N) is 1. The van der Waals surface area contributed by atoms with Crippen molar-refractivity contribution in [3.05, 3.63) is 65.7 Å². The quantitative estimate of drug-likeness (QED) is 0.773. The molecule has 140 valence electrons. The minimum Gasteiger partial charge on any atom is -0.382 e. The third-order valence-corrected chi connectivity index (χ3v) is 5.24. The lowest BCUT2D eigenvalue weighted by atomic mass is 9.82. The van der Waals surface area contributed by atoms with Crippen LogP contribution < -0.4 is 5.32 Å². The Kier molecular flexibility index (Phi) is 5.92. The minimum absolute atomic E-state index is 0.0304. The first-order valence-electron chi connectivity index (χ1n) is 8.32. The zero-order valence-corrected chi connectivity index (χ0v) is 14.8. The summed E-state index contributed by atoms with van der Waals surface area (Å²) >= 11 is -0.158. The largest absolute Gasteiger partial charge is 0.446 e. The molecule has 0 bridgehead atoms. The maximum absolute atomic E-state index is 12.9. The Hall–Kier alpha value is -1.54. The summed E-state index contributed by atoms with van der Waals surface area (Å²) in [5.41, 5.74) is -4.75. The summed E-state index contributed by atoms with van der Waals surface area (Å²) in [6.45, 7) is 1.56. The van der Waals surface area contributed by atoms with E-state index in [1.807, 2.05) is 6.07 Å². The van der Waals surface area contributed by atoms with Crippen LogP contribution in [0.25, 0.3) is 0 Å². The van der Waals surface area contributed by atoms with Gasteiger partial charge in [0, 0.05) is 24.4 Å². The smallest absolute Gasteiger partial charge is 0.382 e. The van der Waals surface area contributed by atoms with E-state index in [9.17, 15) is 18.3 Å². The molecule has 1 heterocycles. The summed E-state index contributed by atoms with van der Waals surface area (Å²) in [5.74, 6) is 0. The molecule has 0 unspecified atom stereocenters. The number of aliphatic hydroxyl groups is 1. The molecule has 26 heavy (non-hydrogen) atoms. The molecule has 0 radical (unpaired) electrons. The molecule has 3 rings (SSSR count). The average molecular weight is 383 g/mol. The Balaban J connectivity index is 1.97. The predicted octanol–water partition coefficient (Wildman–Crippen LogP) is 3.72.